The van der Waals surface area contributed by atoms with E-state index in [1.54, 1.807) is 0 Å². The molecular formula is C14H19Cl2N. The minimum Gasteiger partial charge on any atom is -0.380 e. The Morgan fingerprint density at radius 2 is 1.53 bits per heavy atom. The number of hydrogen-bond donors (Lipinski definition) is 1. The summed E-state index contributed by atoms with van der Waals surface area (Å²) in [5, 5.41) is 4.94. The van der Waals surface area contributed by atoms with Gasteiger partial charge in [-0.25, -0.2) is 0 Å². The van der Waals surface area contributed by atoms with Crippen LogP contribution in [0.15, 0.2) is 18.2 Å². The molecule has 0 radical (unpaired) electrons. The number of nitrogens with one attached hydrogen (secondary N) is 1. The molecule has 2 atom stereocenters. The molecule has 0 spiro atoms. The van der Waals surface area contributed by atoms with Crippen LogP contribution >= 0.6 is 23.2 Å². The molecule has 0 bridgehead atoms. The Labute approximate surface area is 114 Å². The Morgan fingerprint density at radius 1 is 1.00 bits per heavy atom. The third-order valence-corrected chi connectivity index (χ3v) is 4.12. The van der Waals surface area contributed by atoms with Crippen molar-refractivity contribution in [2.24, 2.45) is 11.8 Å². The molecule has 94 valence electrons. The Bertz CT molecular complexity index is 362. The van der Waals surface area contributed by atoms with E-state index in [9.17, 15) is 0 Å². The second-order valence-corrected chi connectivity index (χ2v) is 6.17. The van der Waals surface area contributed by atoms with Crippen molar-refractivity contribution in [3.05, 3.63) is 28.2 Å². The first kappa shape index (κ1) is 13.0. The van der Waals surface area contributed by atoms with Crippen LogP contribution in [0.3, 0.4) is 0 Å². The van der Waals surface area contributed by atoms with E-state index in [2.05, 4.69) is 19.2 Å². The van der Waals surface area contributed by atoms with Gasteiger partial charge in [0.15, 0.2) is 0 Å². The van der Waals surface area contributed by atoms with Gasteiger partial charge in [-0.1, -0.05) is 43.1 Å². The lowest BCUT2D eigenvalue weighted by molar-refractivity contribution is 0.281. The van der Waals surface area contributed by atoms with E-state index in [1.165, 1.54) is 19.3 Å². The van der Waals surface area contributed by atoms with Crippen molar-refractivity contribution in [3.63, 3.8) is 0 Å². The molecule has 1 saturated carbocycles. The van der Waals surface area contributed by atoms with E-state index < -0.39 is 0 Å². The summed E-state index contributed by atoms with van der Waals surface area (Å²) in [6.07, 6.45) is 3.73. The van der Waals surface area contributed by atoms with Gasteiger partial charge in [0.05, 0.1) is 15.7 Å². The normalized spacial score (nSPS) is 29.1. The first-order chi connectivity index (χ1) is 8.06. The molecule has 1 aliphatic carbocycles. The molecular weight excluding hydrogens is 253 g/mol. The smallest absolute Gasteiger partial charge is 0.0721 e. The van der Waals surface area contributed by atoms with Crippen molar-refractivity contribution in [1.82, 2.24) is 0 Å². The maximum Gasteiger partial charge on any atom is 0.0721 e. The third kappa shape index (κ3) is 3.29. The van der Waals surface area contributed by atoms with Gasteiger partial charge < -0.3 is 5.32 Å². The van der Waals surface area contributed by atoms with Gasteiger partial charge >= 0.3 is 0 Å². The van der Waals surface area contributed by atoms with Crippen LogP contribution in [0.1, 0.15) is 33.1 Å². The number of benzene rings is 1. The Kier molecular flexibility index (Phi) is 4.22. The van der Waals surface area contributed by atoms with Crippen LogP contribution in [0.5, 0.6) is 0 Å². The third-order valence-electron chi connectivity index (χ3n) is 3.49. The van der Waals surface area contributed by atoms with Crippen LogP contribution in [0, 0.1) is 11.8 Å². The fraction of sp³-hybridized carbons (Fsp3) is 0.571. The van der Waals surface area contributed by atoms with E-state index >= 15 is 0 Å². The predicted octanol–water partition coefficient (Wildman–Crippen LogP) is 5.23. The van der Waals surface area contributed by atoms with Gasteiger partial charge in [0, 0.05) is 6.04 Å². The Hall–Kier alpha value is -0.400. The van der Waals surface area contributed by atoms with Crippen LogP contribution in [-0.4, -0.2) is 6.04 Å². The Morgan fingerprint density at radius 3 is 2.06 bits per heavy atom. The fourth-order valence-electron chi connectivity index (χ4n) is 2.90. The molecule has 0 heterocycles. The molecule has 0 aromatic heterocycles. The van der Waals surface area contributed by atoms with Crippen LogP contribution in [-0.2, 0) is 0 Å². The minimum atomic E-state index is 0.492. The van der Waals surface area contributed by atoms with E-state index in [0.29, 0.717) is 16.1 Å². The molecule has 0 aliphatic heterocycles. The van der Waals surface area contributed by atoms with Crippen molar-refractivity contribution >= 4 is 28.9 Å². The molecule has 0 amide bonds. The van der Waals surface area contributed by atoms with Crippen molar-refractivity contribution in [3.8, 4) is 0 Å². The van der Waals surface area contributed by atoms with Gasteiger partial charge in [-0.05, 0) is 43.2 Å². The zero-order valence-electron chi connectivity index (χ0n) is 10.3. The van der Waals surface area contributed by atoms with Gasteiger partial charge in [-0.15, -0.1) is 0 Å². The molecule has 17 heavy (non-hydrogen) atoms. The van der Waals surface area contributed by atoms with Gasteiger partial charge in [0.2, 0.25) is 0 Å². The van der Waals surface area contributed by atoms with Crippen molar-refractivity contribution in [2.45, 2.75) is 39.2 Å². The average Bonchev–Trinajstić information content (AvgIpc) is 2.22. The standard InChI is InChI=1S/C14H19Cl2N/c1-9-6-10(2)8-11(7-9)17-14-12(15)4-3-5-13(14)16/h3-5,9-11,17H,6-8H2,1-2H3. The number of anilines is 1. The number of hydrogen-bond acceptors (Lipinski definition) is 1. The van der Waals surface area contributed by atoms with Crippen LogP contribution < -0.4 is 5.32 Å². The highest BCUT2D eigenvalue weighted by Crippen LogP contribution is 2.35. The summed E-state index contributed by atoms with van der Waals surface area (Å²) in [6, 6.07) is 6.13. The molecule has 1 aromatic carbocycles. The SMILES string of the molecule is CC1CC(C)CC(Nc2c(Cl)cccc2Cl)C1. The summed E-state index contributed by atoms with van der Waals surface area (Å²) >= 11 is 12.3. The van der Waals surface area contributed by atoms with E-state index in [1.807, 2.05) is 18.2 Å². The summed E-state index contributed by atoms with van der Waals surface area (Å²) in [5.74, 6) is 1.55. The average molecular weight is 272 g/mol. The molecule has 1 nitrogen and oxygen atoms in total. The van der Waals surface area contributed by atoms with Crippen molar-refractivity contribution in [2.75, 3.05) is 5.32 Å². The summed E-state index contributed by atoms with van der Waals surface area (Å²) in [6.45, 7) is 4.64. The van der Waals surface area contributed by atoms with E-state index in [4.69, 9.17) is 23.2 Å². The predicted molar refractivity (Wildman–Crippen MR) is 76.1 cm³/mol. The zero-order chi connectivity index (χ0) is 12.4. The first-order valence-electron chi connectivity index (χ1n) is 6.26. The lowest BCUT2D eigenvalue weighted by Gasteiger charge is -2.33. The molecule has 0 saturated heterocycles. The number of para-hydroxylation sites is 1. The second kappa shape index (κ2) is 5.49. The topological polar surface area (TPSA) is 12.0 Å². The summed E-state index contributed by atoms with van der Waals surface area (Å²) < 4.78 is 0. The molecule has 1 fully saturated rings. The van der Waals surface area contributed by atoms with Gasteiger partial charge in [0.1, 0.15) is 0 Å². The van der Waals surface area contributed by atoms with E-state index in [0.717, 1.165) is 17.5 Å². The van der Waals surface area contributed by atoms with E-state index in [-0.39, 0.29) is 0 Å². The maximum absolute atomic E-state index is 6.17. The highest BCUT2D eigenvalue weighted by molar-refractivity contribution is 6.39. The largest absolute Gasteiger partial charge is 0.380 e. The molecule has 1 aromatic rings. The van der Waals surface area contributed by atoms with Crippen LogP contribution in [0.25, 0.3) is 0 Å². The fourth-order valence-corrected chi connectivity index (χ4v) is 3.41. The lowest BCUT2D eigenvalue weighted by Crippen LogP contribution is -2.30. The Balaban J connectivity index is 2.10. The second-order valence-electron chi connectivity index (χ2n) is 5.36. The molecule has 1 aliphatic rings. The molecule has 1 N–H and O–H groups in total. The monoisotopic (exact) mass is 271 g/mol. The summed E-state index contributed by atoms with van der Waals surface area (Å²) in [7, 11) is 0. The van der Waals surface area contributed by atoms with Crippen LogP contribution in [0.2, 0.25) is 10.0 Å². The summed E-state index contributed by atoms with van der Waals surface area (Å²) in [5.41, 5.74) is 0.891. The first-order valence-corrected chi connectivity index (χ1v) is 7.02. The quantitative estimate of drug-likeness (QED) is 0.777. The highest BCUT2D eigenvalue weighted by atomic mass is 35.5. The zero-order valence-corrected chi connectivity index (χ0v) is 11.9. The van der Waals surface area contributed by atoms with Gasteiger partial charge in [-0.3, -0.25) is 0 Å². The molecule has 2 unspecified atom stereocenters. The molecule has 2 rings (SSSR count). The lowest BCUT2D eigenvalue weighted by atomic mass is 9.80. The van der Waals surface area contributed by atoms with Gasteiger partial charge in [0.25, 0.3) is 0 Å². The molecule has 3 heteroatoms. The number of rotatable bonds is 2. The van der Waals surface area contributed by atoms with Gasteiger partial charge in [-0.2, -0.15) is 0 Å². The van der Waals surface area contributed by atoms with Crippen LogP contribution in [0.4, 0.5) is 5.69 Å². The summed E-state index contributed by atoms with van der Waals surface area (Å²) in [4.78, 5) is 0. The maximum atomic E-state index is 6.17. The van der Waals surface area contributed by atoms with Crippen molar-refractivity contribution in [1.29, 1.82) is 0 Å². The minimum absolute atomic E-state index is 0.492. The van der Waals surface area contributed by atoms with Crippen molar-refractivity contribution < 1.29 is 0 Å². The highest BCUT2D eigenvalue weighted by Gasteiger charge is 2.24. The number of halogens is 2.